The van der Waals surface area contributed by atoms with E-state index in [1.54, 1.807) is 72.8 Å². The molecule has 0 aliphatic rings. The van der Waals surface area contributed by atoms with Gasteiger partial charge in [-0.15, -0.1) is 0 Å². The Morgan fingerprint density at radius 3 is 1.69 bits per heavy atom. The number of carboxylic acids is 1. The second kappa shape index (κ2) is 19.7. The predicted molar refractivity (Wildman–Crippen MR) is 212 cm³/mol. The average Bonchev–Trinajstić information content (AvgIpc) is 3.25. The number of esters is 1. The molecular weight excluding hydrogens is 748 g/mol. The molecule has 0 aliphatic carbocycles. The monoisotopic (exact) mass is 786 g/mol. The van der Waals surface area contributed by atoms with Crippen LogP contribution in [0.25, 0.3) is 11.1 Å². The number of aromatic carboxylic acids is 1. The molecule has 0 bridgehead atoms. The molecule has 6 aromatic carbocycles. The summed E-state index contributed by atoms with van der Waals surface area (Å²) >= 11 is 0. The van der Waals surface area contributed by atoms with Gasteiger partial charge in [-0.1, -0.05) is 36.4 Å². The molecular formula is C44H38N2O12. The molecule has 0 unspecified atom stereocenters. The van der Waals surface area contributed by atoms with Crippen molar-refractivity contribution in [3.8, 4) is 34.1 Å². The first-order valence-corrected chi connectivity index (χ1v) is 17.7. The zero-order chi connectivity index (χ0) is 40.9. The van der Waals surface area contributed by atoms with E-state index in [-0.39, 0.29) is 30.9 Å². The third-order valence-corrected chi connectivity index (χ3v) is 8.65. The fourth-order valence-corrected chi connectivity index (χ4v) is 5.69. The van der Waals surface area contributed by atoms with Crippen LogP contribution in [-0.4, -0.2) is 42.4 Å². The Morgan fingerprint density at radius 1 is 0.586 bits per heavy atom. The standard InChI is InChI=1S/C44H38N2O12/c1-52-44(50)31-4-5-32(27-55-51)33(24-31)26-54-46-35-12-20-39(21-13-35)58-37-16-8-30(9-17-37)29-6-14-36(15-7-29)57-38-18-10-34(11-19-38)45-42(47)41-23-28(25-56-53-2)3-22-40(41)43(48)49/h3-24,46,51H,25-27H2,1-2H3,(H,45,47)(H,48,49). The number of amides is 1. The van der Waals surface area contributed by atoms with Crippen molar-refractivity contribution >= 4 is 29.2 Å². The van der Waals surface area contributed by atoms with E-state index in [1.165, 1.54) is 26.4 Å². The molecule has 0 atom stereocenters. The smallest absolute Gasteiger partial charge is 0.337 e. The number of rotatable bonds is 18. The van der Waals surface area contributed by atoms with Crippen molar-refractivity contribution in [1.82, 2.24) is 0 Å². The Labute approximate surface area is 332 Å². The van der Waals surface area contributed by atoms with Crippen molar-refractivity contribution in [2.45, 2.75) is 19.8 Å². The zero-order valence-corrected chi connectivity index (χ0v) is 31.3. The quantitative estimate of drug-likeness (QED) is 0.0368. The zero-order valence-electron chi connectivity index (χ0n) is 31.3. The van der Waals surface area contributed by atoms with Crippen molar-refractivity contribution in [3.05, 3.63) is 167 Å². The lowest BCUT2D eigenvalue weighted by Gasteiger charge is -2.12. The molecule has 6 rings (SSSR count). The van der Waals surface area contributed by atoms with Gasteiger partial charge in [-0.2, -0.15) is 0 Å². The maximum absolute atomic E-state index is 13.0. The van der Waals surface area contributed by atoms with E-state index in [4.69, 9.17) is 29.2 Å². The summed E-state index contributed by atoms with van der Waals surface area (Å²) in [5.41, 5.74) is 8.01. The second-order valence-electron chi connectivity index (χ2n) is 12.5. The van der Waals surface area contributed by atoms with Gasteiger partial charge in [0.15, 0.2) is 0 Å². The van der Waals surface area contributed by atoms with Crippen LogP contribution in [0.4, 0.5) is 11.4 Å². The minimum atomic E-state index is -1.22. The van der Waals surface area contributed by atoms with Crippen molar-refractivity contribution < 1.29 is 58.5 Å². The summed E-state index contributed by atoms with van der Waals surface area (Å²) in [6.45, 7) is 0.0712. The van der Waals surface area contributed by atoms with E-state index in [0.717, 1.165) is 11.1 Å². The highest BCUT2D eigenvalue weighted by atomic mass is 17.2. The molecule has 0 aliphatic heterocycles. The Hall–Kier alpha value is -7.07. The number of hydrogen-bond donors (Lipinski definition) is 4. The Morgan fingerprint density at radius 2 is 1.16 bits per heavy atom. The molecule has 0 fully saturated rings. The first-order chi connectivity index (χ1) is 28.2. The number of ether oxygens (including phenoxy) is 3. The number of hydrogen-bond acceptors (Lipinski definition) is 12. The number of nitrogens with one attached hydrogen (secondary N) is 2. The molecule has 296 valence electrons. The number of carboxylic acid groups (broad SMARTS) is 1. The van der Waals surface area contributed by atoms with E-state index < -0.39 is 17.8 Å². The van der Waals surface area contributed by atoms with Crippen LogP contribution >= 0.6 is 0 Å². The summed E-state index contributed by atoms with van der Waals surface area (Å²) in [7, 11) is 2.66. The van der Waals surface area contributed by atoms with Crippen LogP contribution in [-0.2, 0) is 44.1 Å². The molecule has 4 N–H and O–H groups in total. The summed E-state index contributed by atoms with van der Waals surface area (Å²) in [5.74, 6) is 0.128. The second-order valence-corrected chi connectivity index (χ2v) is 12.5. The van der Waals surface area contributed by atoms with Crippen LogP contribution in [0.5, 0.6) is 23.0 Å². The van der Waals surface area contributed by atoms with Crippen molar-refractivity contribution in [3.63, 3.8) is 0 Å². The van der Waals surface area contributed by atoms with Crippen LogP contribution in [0, 0.1) is 0 Å². The lowest BCUT2D eigenvalue weighted by Crippen LogP contribution is -2.17. The first-order valence-electron chi connectivity index (χ1n) is 17.7. The van der Waals surface area contributed by atoms with Gasteiger partial charge in [-0.3, -0.25) is 20.4 Å². The minimum Gasteiger partial charge on any atom is -0.478 e. The molecule has 0 heterocycles. The average molecular weight is 787 g/mol. The van der Waals surface area contributed by atoms with Gasteiger partial charge in [-0.25, -0.2) is 24.3 Å². The van der Waals surface area contributed by atoms with Gasteiger partial charge in [-0.05, 0) is 125 Å². The largest absolute Gasteiger partial charge is 0.478 e. The predicted octanol–water partition coefficient (Wildman–Crippen LogP) is 9.29. The van der Waals surface area contributed by atoms with E-state index >= 15 is 0 Å². The lowest BCUT2D eigenvalue weighted by molar-refractivity contribution is -0.282. The summed E-state index contributed by atoms with van der Waals surface area (Å²) in [4.78, 5) is 56.1. The fourth-order valence-electron chi connectivity index (χ4n) is 5.69. The molecule has 0 spiro atoms. The fraction of sp³-hybridized carbons (Fsp3) is 0.114. The van der Waals surface area contributed by atoms with Crippen LogP contribution in [0.15, 0.2) is 133 Å². The highest BCUT2D eigenvalue weighted by Crippen LogP contribution is 2.30. The van der Waals surface area contributed by atoms with Crippen LogP contribution in [0.1, 0.15) is 47.8 Å². The van der Waals surface area contributed by atoms with Crippen molar-refractivity contribution in [2.24, 2.45) is 0 Å². The summed E-state index contributed by atoms with van der Waals surface area (Å²) < 4.78 is 16.8. The molecule has 0 saturated heterocycles. The molecule has 1 amide bonds. The highest BCUT2D eigenvalue weighted by molar-refractivity contribution is 6.10. The van der Waals surface area contributed by atoms with E-state index in [2.05, 4.69) is 20.6 Å². The van der Waals surface area contributed by atoms with E-state index in [9.17, 15) is 19.5 Å². The van der Waals surface area contributed by atoms with Gasteiger partial charge < -0.3 is 24.6 Å². The molecule has 0 aromatic heterocycles. The number of methoxy groups -OCH3 is 1. The molecule has 58 heavy (non-hydrogen) atoms. The van der Waals surface area contributed by atoms with Gasteiger partial charge in [0.25, 0.3) is 5.91 Å². The molecule has 14 heteroatoms. The lowest BCUT2D eigenvalue weighted by atomic mass is 10.0. The number of carbonyl (C=O) groups is 3. The molecule has 6 aromatic rings. The Balaban J connectivity index is 0.987. The number of benzene rings is 6. The van der Waals surface area contributed by atoms with E-state index in [0.29, 0.717) is 56.6 Å². The topological polar surface area (TPSA) is 180 Å². The minimum absolute atomic E-state index is 0.00919. The van der Waals surface area contributed by atoms with Crippen LogP contribution in [0.2, 0.25) is 0 Å². The number of anilines is 2. The Kier molecular flexibility index (Phi) is 13.8. The highest BCUT2D eigenvalue weighted by Gasteiger charge is 2.18. The third-order valence-electron chi connectivity index (χ3n) is 8.65. The molecule has 14 nitrogen and oxygen atoms in total. The van der Waals surface area contributed by atoms with Crippen molar-refractivity contribution in [1.29, 1.82) is 0 Å². The van der Waals surface area contributed by atoms with Gasteiger partial charge in [0.05, 0.1) is 36.6 Å². The maximum Gasteiger partial charge on any atom is 0.337 e. The van der Waals surface area contributed by atoms with E-state index in [1.807, 2.05) is 48.5 Å². The van der Waals surface area contributed by atoms with Crippen LogP contribution < -0.4 is 20.3 Å². The van der Waals surface area contributed by atoms with Gasteiger partial charge in [0.2, 0.25) is 0 Å². The Bertz CT molecular complexity index is 2330. The van der Waals surface area contributed by atoms with Gasteiger partial charge in [0, 0.05) is 5.69 Å². The normalized spacial score (nSPS) is 10.7. The summed E-state index contributed by atoms with van der Waals surface area (Å²) in [5, 5.41) is 21.2. The third kappa shape index (κ3) is 10.8. The van der Waals surface area contributed by atoms with Crippen molar-refractivity contribution in [2.75, 3.05) is 25.0 Å². The number of carbonyl (C=O) groups excluding carboxylic acids is 2. The molecule has 0 saturated carbocycles. The van der Waals surface area contributed by atoms with Gasteiger partial charge >= 0.3 is 11.9 Å². The first kappa shape index (κ1) is 40.6. The maximum atomic E-state index is 13.0. The summed E-state index contributed by atoms with van der Waals surface area (Å²) in [6, 6.07) is 38.4. The summed E-state index contributed by atoms with van der Waals surface area (Å²) in [6.07, 6.45) is 0. The SMILES string of the molecule is COOCc1ccc(C(=O)O)c(C(=O)Nc2ccc(Oc3ccc(-c4ccc(Oc5ccc(NOCc6cc(C(=O)OC)ccc6COO)cc5)cc4)cc3)cc2)c1. The van der Waals surface area contributed by atoms with Gasteiger partial charge in [0.1, 0.15) is 42.8 Å². The molecule has 0 radical (unpaired) electrons. The van der Waals surface area contributed by atoms with Crippen LogP contribution in [0.3, 0.4) is 0 Å².